The number of aliphatic hydroxyl groups is 1. The molecule has 0 spiro atoms. The van der Waals surface area contributed by atoms with E-state index in [1.165, 1.54) is 4.31 Å². The molecule has 1 aliphatic heterocycles. The average molecular weight is 267 g/mol. The first kappa shape index (κ1) is 12.1. The fourth-order valence-corrected chi connectivity index (χ4v) is 4.42. The molecule has 1 saturated carbocycles. The minimum atomic E-state index is -3.38. The van der Waals surface area contributed by atoms with Crippen molar-refractivity contribution >= 4 is 10.0 Å². The smallest absolute Gasteiger partial charge is 0.243 e. The summed E-state index contributed by atoms with van der Waals surface area (Å²) in [6, 6.07) is 6.93. The Kier molecular flexibility index (Phi) is 2.73. The molecule has 0 aromatic heterocycles. The predicted octanol–water partition coefficient (Wildman–Crippen LogP) is 0.996. The van der Waals surface area contributed by atoms with Crippen molar-refractivity contribution in [2.75, 3.05) is 13.1 Å². The van der Waals surface area contributed by atoms with E-state index < -0.39 is 10.0 Å². The van der Waals surface area contributed by atoms with Crippen molar-refractivity contribution in [3.8, 4) is 0 Å². The van der Waals surface area contributed by atoms with Crippen molar-refractivity contribution in [3.05, 3.63) is 29.8 Å². The first-order chi connectivity index (χ1) is 8.48. The monoisotopic (exact) mass is 267 g/mol. The highest BCUT2D eigenvalue weighted by molar-refractivity contribution is 7.89. The number of rotatable bonds is 2. The molecular formula is C13H17NO3S. The third-order valence-corrected chi connectivity index (χ3v) is 6.00. The molecule has 0 radical (unpaired) electrons. The molecule has 1 aromatic carbocycles. The molecule has 1 heterocycles. The van der Waals surface area contributed by atoms with Gasteiger partial charge in [0.15, 0.2) is 0 Å². The fourth-order valence-electron chi connectivity index (χ4n) is 2.89. The molecule has 18 heavy (non-hydrogen) atoms. The fraction of sp³-hybridized carbons (Fsp3) is 0.538. The molecule has 1 N–H and O–H groups in total. The van der Waals surface area contributed by atoms with E-state index in [0.717, 1.165) is 12.0 Å². The molecule has 3 atom stereocenters. The SMILES string of the molecule is Cc1ccc(S(=O)(=O)N2CC3C[C@@H](O)C3C2)cc1. The van der Waals surface area contributed by atoms with Crippen LogP contribution in [0.25, 0.3) is 0 Å². The number of aryl methyl sites for hydroxylation is 1. The second-order valence-electron chi connectivity index (χ2n) is 5.36. The number of fused-ring (bicyclic) bond motifs is 1. The molecule has 2 unspecified atom stereocenters. The van der Waals surface area contributed by atoms with E-state index in [1.54, 1.807) is 12.1 Å². The third-order valence-electron chi connectivity index (χ3n) is 4.16. The lowest BCUT2D eigenvalue weighted by atomic mass is 9.74. The maximum Gasteiger partial charge on any atom is 0.243 e. The Morgan fingerprint density at radius 2 is 1.89 bits per heavy atom. The number of aliphatic hydroxyl groups excluding tert-OH is 1. The maximum atomic E-state index is 12.4. The van der Waals surface area contributed by atoms with Crippen LogP contribution in [0.4, 0.5) is 0 Å². The van der Waals surface area contributed by atoms with Gasteiger partial charge in [0, 0.05) is 19.0 Å². The quantitative estimate of drug-likeness (QED) is 0.869. The average Bonchev–Trinajstić information content (AvgIpc) is 2.67. The van der Waals surface area contributed by atoms with Crippen LogP contribution in [-0.4, -0.2) is 37.0 Å². The Bertz CT molecular complexity index is 552. The summed E-state index contributed by atoms with van der Waals surface area (Å²) in [5.74, 6) is 0.491. The topological polar surface area (TPSA) is 57.6 Å². The number of hydrogen-bond donors (Lipinski definition) is 1. The molecule has 2 aliphatic rings. The largest absolute Gasteiger partial charge is 0.393 e. The van der Waals surface area contributed by atoms with Gasteiger partial charge in [-0.2, -0.15) is 4.31 Å². The lowest BCUT2D eigenvalue weighted by molar-refractivity contribution is -0.00416. The highest BCUT2D eigenvalue weighted by Crippen LogP contribution is 2.42. The van der Waals surface area contributed by atoms with Crippen molar-refractivity contribution < 1.29 is 13.5 Å². The van der Waals surface area contributed by atoms with E-state index in [2.05, 4.69) is 0 Å². The second-order valence-corrected chi connectivity index (χ2v) is 7.30. The standard InChI is InChI=1S/C13H17NO3S/c1-9-2-4-11(5-3-9)18(16,17)14-7-10-6-13(15)12(10)8-14/h2-5,10,12-13,15H,6-8H2,1H3/t10?,12?,13-/m1/s1. The van der Waals surface area contributed by atoms with Crippen molar-refractivity contribution in [1.82, 2.24) is 4.31 Å². The highest BCUT2D eigenvalue weighted by Gasteiger charge is 2.49. The zero-order chi connectivity index (χ0) is 12.9. The Morgan fingerprint density at radius 3 is 2.44 bits per heavy atom. The van der Waals surface area contributed by atoms with Gasteiger partial charge >= 0.3 is 0 Å². The summed E-state index contributed by atoms with van der Waals surface area (Å²) in [7, 11) is -3.38. The van der Waals surface area contributed by atoms with Crippen LogP contribution in [0.2, 0.25) is 0 Å². The molecule has 2 fully saturated rings. The zero-order valence-electron chi connectivity index (χ0n) is 10.3. The van der Waals surface area contributed by atoms with Crippen LogP contribution < -0.4 is 0 Å². The van der Waals surface area contributed by atoms with Gasteiger partial charge in [-0.1, -0.05) is 17.7 Å². The van der Waals surface area contributed by atoms with Gasteiger partial charge in [0.05, 0.1) is 11.0 Å². The van der Waals surface area contributed by atoms with Crippen LogP contribution in [0, 0.1) is 18.8 Å². The molecule has 5 heteroatoms. The first-order valence-electron chi connectivity index (χ1n) is 6.23. The first-order valence-corrected chi connectivity index (χ1v) is 7.67. The molecule has 0 amide bonds. The molecule has 1 aromatic rings. The lowest BCUT2D eigenvalue weighted by Crippen LogP contribution is -2.39. The van der Waals surface area contributed by atoms with Crippen LogP contribution in [-0.2, 0) is 10.0 Å². The summed E-state index contributed by atoms with van der Waals surface area (Å²) >= 11 is 0. The Morgan fingerprint density at radius 1 is 1.22 bits per heavy atom. The van der Waals surface area contributed by atoms with Crippen LogP contribution in [0.1, 0.15) is 12.0 Å². The van der Waals surface area contributed by atoms with Crippen molar-refractivity contribution in [1.29, 1.82) is 0 Å². The van der Waals surface area contributed by atoms with E-state index in [9.17, 15) is 13.5 Å². The number of sulfonamides is 1. The summed E-state index contributed by atoms with van der Waals surface area (Å²) in [4.78, 5) is 0.351. The molecule has 1 aliphatic carbocycles. The minimum Gasteiger partial charge on any atom is -0.393 e. The van der Waals surface area contributed by atoms with Gasteiger partial charge in [0.2, 0.25) is 10.0 Å². The van der Waals surface area contributed by atoms with E-state index in [0.29, 0.717) is 23.9 Å². The molecule has 1 saturated heterocycles. The predicted molar refractivity (Wildman–Crippen MR) is 67.5 cm³/mol. The van der Waals surface area contributed by atoms with Gasteiger partial charge in [0.25, 0.3) is 0 Å². The van der Waals surface area contributed by atoms with E-state index >= 15 is 0 Å². The third kappa shape index (κ3) is 1.77. The van der Waals surface area contributed by atoms with E-state index in [4.69, 9.17) is 0 Å². The lowest BCUT2D eigenvalue weighted by Gasteiger charge is -2.34. The van der Waals surface area contributed by atoms with Gasteiger partial charge in [-0.3, -0.25) is 0 Å². The molecule has 3 rings (SSSR count). The van der Waals surface area contributed by atoms with Gasteiger partial charge in [0.1, 0.15) is 0 Å². The van der Waals surface area contributed by atoms with Crippen molar-refractivity contribution in [3.63, 3.8) is 0 Å². The van der Waals surface area contributed by atoms with Gasteiger partial charge in [-0.05, 0) is 31.4 Å². The van der Waals surface area contributed by atoms with Gasteiger partial charge in [-0.25, -0.2) is 8.42 Å². The molecule has 98 valence electrons. The van der Waals surface area contributed by atoms with E-state index in [-0.39, 0.29) is 12.0 Å². The molecule has 4 nitrogen and oxygen atoms in total. The molecular weight excluding hydrogens is 250 g/mol. The summed E-state index contributed by atoms with van der Waals surface area (Å²) in [6.45, 7) is 2.95. The summed E-state index contributed by atoms with van der Waals surface area (Å²) in [5.41, 5.74) is 1.05. The van der Waals surface area contributed by atoms with E-state index in [1.807, 2.05) is 19.1 Å². The van der Waals surface area contributed by atoms with Crippen LogP contribution in [0.15, 0.2) is 29.2 Å². The van der Waals surface area contributed by atoms with Gasteiger partial charge in [-0.15, -0.1) is 0 Å². The second kappa shape index (κ2) is 4.05. The zero-order valence-corrected chi connectivity index (χ0v) is 11.1. The minimum absolute atomic E-state index is 0.144. The maximum absolute atomic E-state index is 12.4. The van der Waals surface area contributed by atoms with Crippen LogP contribution in [0.5, 0.6) is 0 Å². The number of hydrogen-bond acceptors (Lipinski definition) is 3. The Hall–Kier alpha value is -0.910. The Balaban J connectivity index is 1.85. The van der Waals surface area contributed by atoms with Crippen LogP contribution >= 0.6 is 0 Å². The highest BCUT2D eigenvalue weighted by atomic mass is 32.2. The summed E-state index contributed by atoms with van der Waals surface area (Å²) < 4.78 is 26.3. The Labute approximate surface area is 107 Å². The van der Waals surface area contributed by atoms with Gasteiger partial charge < -0.3 is 5.11 Å². The van der Waals surface area contributed by atoms with Crippen LogP contribution in [0.3, 0.4) is 0 Å². The normalized spacial score (nSPS) is 32.0. The number of benzene rings is 1. The van der Waals surface area contributed by atoms with Crippen molar-refractivity contribution in [2.45, 2.75) is 24.3 Å². The summed E-state index contributed by atoms with van der Waals surface area (Å²) in [6.07, 6.45) is 0.429. The summed E-state index contributed by atoms with van der Waals surface area (Å²) in [5, 5.41) is 9.59. The van der Waals surface area contributed by atoms with Crippen molar-refractivity contribution in [2.24, 2.45) is 11.8 Å². The molecule has 0 bridgehead atoms. The number of nitrogens with zero attached hydrogens (tertiary/aromatic N) is 1.